The highest BCUT2D eigenvalue weighted by molar-refractivity contribution is 7.53. The zero-order valence-corrected chi connectivity index (χ0v) is 23.7. The topological polar surface area (TPSA) is 134 Å². The van der Waals surface area contributed by atoms with Crippen molar-refractivity contribution in [1.82, 2.24) is 9.13 Å². The number of carbonyl (C=O) groups is 1. The maximum Gasteiger partial charge on any atom is 0.356 e. The Kier molecular flexibility index (Phi) is 10.8. The van der Waals surface area contributed by atoms with Crippen molar-refractivity contribution >= 4 is 13.6 Å². The SMILES string of the molecule is CCOP(=O)(CO[C@H]1CC(OC(=O)c2ccccc2)[C@H](n2ccc(=O)n(COCc3ccccc3)c2=O)O1)OCC. The lowest BCUT2D eigenvalue weighted by Gasteiger charge is -2.22. The summed E-state index contributed by atoms with van der Waals surface area (Å²) in [6, 6.07) is 18.8. The molecule has 4 rings (SSSR count). The molecule has 1 saturated heterocycles. The molecule has 1 aromatic heterocycles. The van der Waals surface area contributed by atoms with Gasteiger partial charge in [-0.1, -0.05) is 48.5 Å². The molecule has 0 amide bonds. The fraction of sp³-hybridized carbons (Fsp3) is 0.393. The number of ether oxygens (including phenoxy) is 4. The van der Waals surface area contributed by atoms with Crippen molar-refractivity contribution < 1.29 is 37.4 Å². The highest BCUT2D eigenvalue weighted by atomic mass is 31.2. The van der Waals surface area contributed by atoms with Crippen molar-refractivity contribution in [2.45, 2.75) is 52.2 Å². The van der Waals surface area contributed by atoms with E-state index in [4.69, 9.17) is 28.0 Å². The van der Waals surface area contributed by atoms with Gasteiger partial charge in [0, 0.05) is 18.7 Å². The summed E-state index contributed by atoms with van der Waals surface area (Å²) in [5, 5.41) is 0. The lowest BCUT2D eigenvalue weighted by atomic mass is 10.2. The van der Waals surface area contributed by atoms with Crippen molar-refractivity contribution in [1.29, 1.82) is 0 Å². The number of benzene rings is 2. The van der Waals surface area contributed by atoms with E-state index in [2.05, 4.69) is 0 Å². The third kappa shape index (κ3) is 8.10. The van der Waals surface area contributed by atoms with E-state index >= 15 is 0 Å². The molecule has 12 nitrogen and oxygen atoms in total. The Hall–Kier alpha value is -3.38. The summed E-state index contributed by atoms with van der Waals surface area (Å²) in [6.45, 7) is 3.54. The van der Waals surface area contributed by atoms with Gasteiger partial charge < -0.3 is 28.0 Å². The molecule has 1 aliphatic heterocycles. The van der Waals surface area contributed by atoms with Crippen molar-refractivity contribution in [3.8, 4) is 0 Å². The van der Waals surface area contributed by atoms with E-state index < -0.39 is 49.8 Å². The van der Waals surface area contributed by atoms with Gasteiger partial charge in [-0.3, -0.25) is 13.9 Å². The van der Waals surface area contributed by atoms with Crippen LogP contribution in [0.5, 0.6) is 0 Å². The van der Waals surface area contributed by atoms with Crippen LogP contribution in [-0.4, -0.2) is 47.1 Å². The van der Waals surface area contributed by atoms with Crippen LogP contribution in [0.1, 0.15) is 42.4 Å². The van der Waals surface area contributed by atoms with E-state index in [-0.39, 0.29) is 33.0 Å². The third-order valence-electron chi connectivity index (χ3n) is 6.07. The van der Waals surface area contributed by atoms with Crippen molar-refractivity contribution in [2.75, 3.05) is 19.6 Å². The molecular weight excluding hydrogens is 555 g/mol. The second-order valence-electron chi connectivity index (χ2n) is 8.98. The molecule has 1 aliphatic rings. The van der Waals surface area contributed by atoms with Gasteiger partial charge in [0.25, 0.3) is 5.56 Å². The lowest BCUT2D eigenvalue weighted by Crippen LogP contribution is -2.43. The maximum atomic E-state index is 13.4. The minimum Gasteiger partial charge on any atom is -0.454 e. The summed E-state index contributed by atoms with van der Waals surface area (Å²) in [5.41, 5.74) is -0.122. The zero-order chi connectivity index (χ0) is 29.2. The van der Waals surface area contributed by atoms with Gasteiger partial charge in [0.2, 0.25) is 0 Å². The minimum absolute atomic E-state index is 0.0115. The molecule has 0 radical (unpaired) electrons. The monoisotopic (exact) mass is 588 g/mol. The smallest absolute Gasteiger partial charge is 0.356 e. The third-order valence-corrected chi connectivity index (χ3v) is 7.84. The van der Waals surface area contributed by atoms with Crippen LogP contribution in [0.25, 0.3) is 0 Å². The van der Waals surface area contributed by atoms with Crippen LogP contribution < -0.4 is 11.2 Å². The fourth-order valence-electron chi connectivity index (χ4n) is 4.20. The van der Waals surface area contributed by atoms with Crippen LogP contribution >= 0.6 is 7.60 Å². The summed E-state index contributed by atoms with van der Waals surface area (Å²) in [4.78, 5) is 38.9. The van der Waals surface area contributed by atoms with Gasteiger partial charge in [-0.25, -0.2) is 14.2 Å². The molecule has 41 heavy (non-hydrogen) atoms. The number of hydrogen-bond donors (Lipinski definition) is 0. The summed E-state index contributed by atoms with van der Waals surface area (Å²) in [5.74, 6) is -0.633. The highest BCUT2D eigenvalue weighted by Crippen LogP contribution is 2.48. The van der Waals surface area contributed by atoms with Gasteiger partial charge in [0.15, 0.2) is 25.0 Å². The molecule has 0 spiro atoms. The first kappa shape index (κ1) is 30.6. The molecule has 3 aromatic rings. The Bertz CT molecular complexity index is 1430. The molecule has 0 saturated carbocycles. The Morgan fingerprint density at radius 3 is 2.29 bits per heavy atom. The van der Waals surface area contributed by atoms with Gasteiger partial charge in [-0.15, -0.1) is 0 Å². The number of aromatic nitrogens is 2. The van der Waals surface area contributed by atoms with E-state index in [1.807, 2.05) is 30.3 Å². The molecule has 1 fully saturated rings. The van der Waals surface area contributed by atoms with Crippen LogP contribution in [0.2, 0.25) is 0 Å². The predicted molar refractivity (Wildman–Crippen MR) is 147 cm³/mol. The second kappa shape index (κ2) is 14.5. The first-order chi connectivity index (χ1) is 19.8. The van der Waals surface area contributed by atoms with E-state index in [9.17, 15) is 18.9 Å². The number of esters is 1. The quantitative estimate of drug-likeness (QED) is 0.202. The van der Waals surface area contributed by atoms with Crippen LogP contribution in [0.4, 0.5) is 0 Å². The Morgan fingerprint density at radius 2 is 1.63 bits per heavy atom. The minimum atomic E-state index is -3.56. The lowest BCUT2D eigenvalue weighted by molar-refractivity contribution is -0.149. The zero-order valence-electron chi connectivity index (χ0n) is 22.8. The molecule has 2 aromatic carbocycles. The first-order valence-electron chi connectivity index (χ1n) is 13.2. The van der Waals surface area contributed by atoms with Crippen LogP contribution in [-0.2, 0) is 45.9 Å². The maximum absolute atomic E-state index is 13.4. The molecule has 2 heterocycles. The van der Waals surface area contributed by atoms with Crippen molar-refractivity contribution in [2.24, 2.45) is 0 Å². The Balaban J connectivity index is 1.55. The van der Waals surface area contributed by atoms with Gasteiger partial charge >= 0.3 is 19.3 Å². The van der Waals surface area contributed by atoms with Crippen LogP contribution in [0, 0.1) is 0 Å². The molecule has 3 atom stereocenters. The normalized spacial score (nSPS) is 18.8. The first-order valence-corrected chi connectivity index (χ1v) is 14.9. The largest absolute Gasteiger partial charge is 0.454 e. The van der Waals surface area contributed by atoms with Gasteiger partial charge in [-0.2, -0.15) is 0 Å². The number of nitrogens with zero attached hydrogens (tertiary/aromatic N) is 2. The second-order valence-corrected chi connectivity index (χ2v) is 11.0. The van der Waals surface area contributed by atoms with E-state index in [1.165, 1.54) is 12.3 Å². The fourth-order valence-corrected chi connectivity index (χ4v) is 5.55. The van der Waals surface area contributed by atoms with Crippen LogP contribution in [0.3, 0.4) is 0 Å². The van der Waals surface area contributed by atoms with E-state index in [0.717, 1.165) is 14.7 Å². The summed E-state index contributed by atoms with van der Waals surface area (Å²) in [7, 11) is -3.56. The molecule has 220 valence electrons. The van der Waals surface area contributed by atoms with Gasteiger partial charge in [-0.05, 0) is 31.5 Å². The summed E-state index contributed by atoms with van der Waals surface area (Å²) in [6.07, 6.45) is -2.30. The molecule has 0 aliphatic carbocycles. The highest BCUT2D eigenvalue weighted by Gasteiger charge is 2.42. The Morgan fingerprint density at radius 1 is 0.976 bits per heavy atom. The molecular formula is C28H33N2O10P. The standard InChI is InChI=1S/C28H33N2O10P/c1-3-37-41(34,38-4-2)20-36-25-17-23(39-27(32)22-13-9-6-10-14-22)26(40-25)29-16-15-24(31)30(28(29)33)19-35-18-21-11-7-5-8-12-21/h5-16,23,25-26H,3-4,17-20H2,1-2H3/t23?,25-,26-/m1/s1. The number of hydrogen-bond acceptors (Lipinski definition) is 10. The number of carbonyl (C=O) groups excluding carboxylic acids is 1. The van der Waals surface area contributed by atoms with Crippen LogP contribution in [0.15, 0.2) is 82.5 Å². The van der Waals surface area contributed by atoms with E-state index in [1.54, 1.807) is 44.2 Å². The number of rotatable bonds is 14. The molecule has 0 N–H and O–H groups in total. The summed E-state index contributed by atoms with van der Waals surface area (Å²) < 4.78 is 48.5. The summed E-state index contributed by atoms with van der Waals surface area (Å²) >= 11 is 0. The van der Waals surface area contributed by atoms with Gasteiger partial charge in [0.1, 0.15) is 6.73 Å². The molecule has 13 heteroatoms. The van der Waals surface area contributed by atoms with Crippen molar-refractivity contribution in [3.05, 3.63) is 105 Å². The van der Waals surface area contributed by atoms with E-state index in [0.29, 0.717) is 5.56 Å². The predicted octanol–water partition coefficient (Wildman–Crippen LogP) is 3.90. The molecule has 1 unspecified atom stereocenters. The average molecular weight is 589 g/mol. The Labute approximate surface area is 236 Å². The average Bonchev–Trinajstić information content (AvgIpc) is 3.37. The molecule has 0 bridgehead atoms. The van der Waals surface area contributed by atoms with Gasteiger partial charge in [0.05, 0.1) is 25.4 Å². The van der Waals surface area contributed by atoms with Crippen molar-refractivity contribution in [3.63, 3.8) is 0 Å².